The molecule has 3 rings (SSSR count). The summed E-state index contributed by atoms with van der Waals surface area (Å²) in [5.41, 5.74) is 1.07. The lowest BCUT2D eigenvalue weighted by molar-refractivity contribution is -0.139. The summed E-state index contributed by atoms with van der Waals surface area (Å²) in [6, 6.07) is 20.8. The molecule has 0 aliphatic carbocycles. The Bertz CT molecular complexity index is 1360. The number of hydrogen-bond acceptors (Lipinski definition) is 6. The van der Waals surface area contributed by atoms with Gasteiger partial charge in [0.05, 0.1) is 24.3 Å². The highest BCUT2D eigenvalue weighted by atomic mass is 32.2. The number of ether oxygens (including phenoxy) is 2. The molecule has 0 aliphatic heterocycles. The molecule has 3 aromatic carbocycles. The van der Waals surface area contributed by atoms with Gasteiger partial charge in [0.15, 0.2) is 0 Å². The molecule has 214 valence electrons. The van der Waals surface area contributed by atoms with Crippen molar-refractivity contribution in [3.05, 3.63) is 84.4 Å². The number of nitrogens with zero attached hydrogens (tertiary/aromatic N) is 2. The van der Waals surface area contributed by atoms with Gasteiger partial charge in [-0.3, -0.25) is 13.9 Å². The number of anilines is 1. The van der Waals surface area contributed by atoms with E-state index in [1.54, 1.807) is 74.7 Å². The van der Waals surface area contributed by atoms with E-state index in [4.69, 9.17) is 9.47 Å². The van der Waals surface area contributed by atoms with Crippen LogP contribution in [-0.4, -0.2) is 58.0 Å². The van der Waals surface area contributed by atoms with Crippen LogP contribution >= 0.6 is 0 Å². The highest BCUT2D eigenvalue weighted by Gasteiger charge is 2.32. The summed E-state index contributed by atoms with van der Waals surface area (Å²) in [7, 11) is -2.60. The zero-order valence-corrected chi connectivity index (χ0v) is 24.2. The molecule has 0 saturated carbocycles. The van der Waals surface area contributed by atoms with Crippen LogP contribution in [0, 0.1) is 0 Å². The lowest BCUT2D eigenvalue weighted by Gasteiger charge is -2.32. The number of methoxy groups -OCH3 is 1. The number of benzene rings is 3. The molecule has 9 nitrogen and oxygen atoms in total. The Morgan fingerprint density at radius 1 is 0.925 bits per heavy atom. The lowest BCUT2D eigenvalue weighted by Crippen LogP contribution is -2.51. The fourth-order valence-electron chi connectivity index (χ4n) is 4.07. The molecule has 3 aromatic rings. The number of hydrogen-bond donors (Lipinski definition) is 1. The molecule has 0 radical (unpaired) electrons. The van der Waals surface area contributed by atoms with E-state index in [9.17, 15) is 18.0 Å². The Balaban J connectivity index is 1.99. The van der Waals surface area contributed by atoms with Crippen LogP contribution < -0.4 is 19.1 Å². The molecule has 0 bridgehead atoms. The van der Waals surface area contributed by atoms with Crippen molar-refractivity contribution >= 4 is 27.5 Å². The summed E-state index contributed by atoms with van der Waals surface area (Å²) in [6.45, 7) is 5.91. The number of nitrogens with one attached hydrogen (secondary N) is 1. The third-order valence-corrected chi connectivity index (χ3v) is 8.04. The maximum Gasteiger partial charge on any atom is 0.264 e. The lowest BCUT2D eigenvalue weighted by atomic mass is 10.1. The van der Waals surface area contributed by atoms with E-state index in [0.717, 1.165) is 16.3 Å². The number of amides is 2. The van der Waals surface area contributed by atoms with Gasteiger partial charge in [-0.1, -0.05) is 37.3 Å². The number of carbonyl (C=O) groups is 2. The normalized spacial score (nSPS) is 11.8. The van der Waals surface area contributed by atoms with Crippen LogP contribution in [0.1, 0.15) is 32.8 Å². The van der Waals surface area contributed by atoms with Crippen molar-refractivity contribution in [1.29, 1.82) is 0 Å². The second-order valence-electron chi connectivity index (χ2n) is 9.09. The molecular weight excluding hydrogens is 530 g/mol. The van der Waals surface area contributed by atoms with Crippen LogP contribution in [0.5, 0.6) is 11.5 Å². The van der Waals surface area contributed by atoms with Crippen molar-refractivity contribution in [2.75, 3.05) is 31.1 Å². The van der Waals surface area contributed by atoms with Gasteiger partial charge in [0.25, 0.3) is 10.0 Å². The van der Waals surface area contributed by atoms with Crippen LogP contribution in [0.25, 0.3) is 0 Å². The summed E-state index contributed by atoms with van der Waals surface area (Å²) in [5, 5.41) is 2.83. The molecule has 0 saturated heterocycles. The van der Waals surface area contributed by atoms with Crippen molar-refractivity contribution in [3.8, 4) is 11.5 Å². The molecular formula is C30H37N3O6S. The Kier molecular flexibility index (Phi) is 11.0. The first-order valence-electron chi connectivity index (χ1n) is 13.2. The first-order valence-corrected chi connectivity index (χ1v) is 14.7. The SMILES string of the molecule is CCCNC(=O)C(C)N(Cc1cccc(OC)c1)C(=O)CN(c1ccccc1)S(=O)(=O)c1ccc(OCC)cc1. The van der Waals surface area contributed by atoms with Crippen molar-refractivity contribution in [3.63, 3.8) is 0 Å². The van der Waals surface area contributed by atoms with E-state index in [0.29, 0.717) is 30.3 Å². The van der Waals surface area contributed by atoms with Crippen LogP contribution in [0.2, 0.25) is 0 Å². The molecule has 1 N–H and O–H groups in total. The van der Waals surface area contributed by atoms with E-state index in [1.165, 1.54) is 17.0 Å². The fourth-order valence-corrected chi connectivity index (χ4v) is 5.48. The van der Waals surface area contributed by atoms with Gasteiger partial charge in [0.1, 0.15) is 24.1 Å². The number of sulfonamides is 1. The van der Waals surface area contributed by atoms with E-state index in [1.807, 2.05) is 19.9 Å². The molecule has 0 fully saturated rings. The third kappa shape index (κ3) is 7.75. The fraction of sp³-hybridized carbons (Fsp3) is 0.333. The van der Waals surface area contributed by atoms with Gasteiger partial charge in [-0.05, 0) is 74.4 Å². The maximum atomic E-state index is 13.9. The largest absolute Gasteiger partial charge is 0.497 e. The van der Waals surface area contributed by atoms with Crippen molar-refractivity contribution in [2.45, 2.75) is 44.7 Å². The van der Waals surface area contributed by atoms with E-state index < -0.39 is 28.5 Å². The van der Waals surface area contributed by atoms with Crippen LogP contribution in [-0.2, 0) is 26.2 Å². The molecule has 0 aromatic heterocycles. The van der Waals surface area contributed by atoms with E-state index in [2.05, 4.69) is 5.32 Å². The van der Waals surface area contributed by atoms with E-state index in [-0.39, 0.29) is 17.3 Å². The van der Waals surface area contributed by atoms with Crippen molar-refractivity contribution < 1.29 is 27.5 Å². The molecule has 2 amide bonds. The Morgan fingerprint density at radius 2 is 1.62 bits per heavy atom. The average molecular weight is 568 g/mol. The van der Waals surface area contributed by atoms with Gasteiger partial charge in [0.2, 0.25) is 11.8 Å². The van der Waals surface area contributed by atoms with Crippen LogP contribution in [0.15, 0.2) is 83.8 Å². The second-order valence-corrected chi connectivity index (χ2v) is 11.0. The number of carbonyl (C=O) groups excluding carboxylic acids is 2. The predicted molar refractivity (Wildman–Crippen MR) is 155 cm³/mol. The zero-order valence-electron chi connectivity index (χ0n) is 23.4. The van der Waals surface area contributed by atoms with Gasteiger partial charge in [-0.15, -0.1) is 0 Å². The minimum Gasteiger partial charge on any atom is -0.497 e. The summed E-state index contributed by atoms with van der Waals surface area (Å²) >= 11 is 0. The van der Waals surface area contributed by atoms with Gasteiger partial charge in [-0.2, -0.15) is 0 Å². The van der Waals surface area contributed by atoms with Crippen molar-refractivity contribution in [1.82, 2.24) is 10.2 Å². The standard InChI is InChI=1S/C30H37N3O6S/c1-5-19-31-30(35)23(3)32(21-24-11-10-14-27(20-24)38-4)29(34)22-33(25-12-8-7-9-13-25)40(36,37)28-17-15-26(16-18-28)39-6-2/h7-18,20,23H,5-6,19,21-22H2,1-4H3,(H,31,35). The van der Waals surface area contributed by atoms with Gasteiger partial charge < -0.3 is 19.7 Å². The topological polar surface area (TPSA) is 105 Å². The monoisotopic (exact) mass is 567 g/mol. The predicted octanol–water partition coefficient (Wildman–Crippen LogP) is 4.23. The van der Waals surface area contributed by atoms with Gasteiger partial charge >= 0.3 is 0 Å². The molecule has 1 atom stereocenters. The Labute approximate surface area is 236 Å². The number of para-hydroxylation sites is 1. The minimum absolute atomic E-state index is 0.0145. The Hall–Kier alpha value is -4.05. The molecule has 0 heterocycles. The molecule has 0 spiro atoms. The molecule has 1 unspecified atom stereocenters. The van der Waals surface area contributed by atoms with Crippen LogP contribution in [0.3, 0.4) is 0 Å². The third-order valence-electron chi connectivity index (χ3n) is 6.25. The van der Waals surface area contributed by atoms with Gasteiger partial charge in [-0.25, -0.2) is 8.42 Å². The first-order chi connectivity index (χ1) is 19.2. The summed E-state index contributed by atoms with van der Waals surface area (Å²) in [4.78, 5) is 28.3. The first kappa shape index (κ1) is 30.5. The second kappa shape index (κ2) is 14.4. The highest BCUT2D eigenvalue weighted by molar-refractivity contribution is 7.92. The Morgan fingerprint density at radius 3 is 2.25 bits per heavy atom. The molecule has 0 aliphatic rings. The smallest absolute Gasteiger partial charge is 0.264 e. The number of rotatable bonds is 14. The van der Waals surface area contributed by atoms with Crippen LogP contribution in [0.4, 0.5) is 5.69 Å². The minimum atomic E-state index is -4.15. The summed E-state index contributed by atoms with van der Waals surface area (Å²) in [5.74, 6) is 0.302. The molecule has 40 heavy (non-hydrogen) atoms. The quantitative estimate of drug-likeness (QED) is 0.313. The summed E-state index contributed by atoms with van der Waals surface area (Å²) < 4.78 is 39.6. The zero-order chi connectivity index (χ0) is 29.1. The highest BCUT2D eigenvalue weighted by Crippen LogP contribution is 2.26. The van der Waals surface area contributed by atoms with E-state index >= 15 is 0 Å². The average Bonchev–Trinajstić information content (AvgIpc) is 2.97. The van der Waals surface area contributed by atoms with Gasteiger partial charge in [0, 0.05) is 13.1 Å². The van der Waals surface area contributed by atoms with Crippen molar-refractivity contribution in [2.24, 2.45) is 0 Å². The molecule has 10 heteroatoms. The summed E-state index contributed by atoms with van der Waals surface area (Å²) in [6.07, 6.45) is 0.740. The maximum absolute atomic E-state index is 13.9.